The van der Waals surface area contributed by atoms with Gasteiger partial charge in [-0.3, -0.25) is 9.88 Å². The molecular weight excluding hydrogens is 258 g/mol. The smallest absolute Gasteiger partial charge is 0.0705 e. The molecule has 1 aromatic carbocycles. The molecule has 2 heterocycles. The average molecular weight is 283 g/mol. The van der Waals surface area contributed by atoms with Crippen molar-refractivity contribution in [1.29, 1.82) is 0 Å². The Bertz CT molecular complexity index is 596. The minimum Gasteiger partial charge on any atom is -0.306 e. The van der Waals surface area contributed by atoms with Crippen LogP contribution in [0.3, 0.4) is 0 Å². The van der Waals surface area contributed by atoms with E-state index in [0.717, 1.165) is 24.5 Å². The molecule has 0 amide bonds. The molecule has 0 N–H and O–H groups in total. The molecule has 1 saturated heterocycles. The molecule has 3 rings (SSSR count). The van der Waals surface area contributed by atoms with E-state index in [1.165, 1.54) is 37.1 Å². The summed E-state index contributed by atoms with van der Waals surface area (Å²) in [7, 11) is 2.22. The third-order valence-corrected chi connectivity index (χ3v) is 4.49. The number of nitrogens with zero attached hydrogens (tertiary/aromatic N) is 3. The van der Waals surface area contributed by atoms with Crippen molar-refractivity contribution in [2.45, 2.75) is 19.9 Å². The lowest BCUT2D eigenvalue weighted by Crippen LogP contribution is -2.30. The van der Waals surface area contributed by atoms with Gasteiger partial charge in [0.1, 0.15) is 0 Å². The fourth-order valence-electron chi connectivity index (χ4n) is 3.27. The summed E-state index contributed by atoms with van der Waals surface area (Å²) in [5, 5.41) is 1.22. The molecule has 0 unspecified atom stereocenters. The fraction of sp³-hybridized carbons (Fsp3) is 0.500. The summed E-state index contributed by atoms with van der Waals surface area (Å²) >= 11 is 0. The van der Waals surface area contributed by atoms with Crippen molar-refractivity contribution < 1.29 is 0 Å². The van der Waals surface area contributed by atoms with Gasteiger partial charge in [0.25, 0.3) is 0 Å². The summed E-state index contributed by atoms with van der Waals surface area (Å²) in [6.07, 6.45) is 1.33. The number of para-hydroxylation sites is 1. The number of fused-ring (bicyclic) bond motifs is 1. The molecule has 3 heteroatoms. The highest BCUT2D eigenvalue weighted by atomic mass is 15.2. The molecule has 1 aliphatic heterocycles. The van der Waals surface area contributed by atoms with Crippen LogP contribution in [0.4, 0.5) is 0 Å². The normalized spacial score (nSPS) is 19.7. The van der Waals surface area contributed by atoms with Gasteiger partial charge in [-0.2, -0.15) is 0 Å². The van der Waals surface area contributed by atoms with E-state index in [1.807, 2.05) is 0 Å². The van der Waals surface area contributed by atoms with Crippen LogP contribution >= 0.6 is 0 Å². The van der Waals surface area contributed by atoms with E-state index in [1.54, 1.807) is 0 Å². The average Bonchev–Trinajstić information content (AvgIpc) is 2.91. The zero-order chi connectivity index (χ0) is 14.7. The highest BCUT2D eigenvalue weighted by Crippen LogP contribution is 2.18. The monoisotopic (exact) mass is 283 g/mol. The van der Waals surface area contributed by atoms with Crippen LogP contribution in [0, 0.1) is 5.92 Å². The molecule has 112 valence electrons. The number of aromatic nitrogens is 1. The molecule has 21 heavy (non-hydrogen) atoms. The maximum Gasteiger partial charge on any atom is 0.0705 e. The van der Waals surface area contributed by atoms with Crippen LogP contribution in [-0.2, 0) is 6.54 Å². The van der Waals surface area contributed by atoms with E-state index in [-0.39, 0.29) is 0 Å². The van der Waals surface area contributed by atoms with Crippen LogP contribution in [0.1, 0.15) is 19.0 Å². The Hall–Kier alpha value is -1.45. The van der Waals surface area contributed by atoms with E-state index in [4.69, 9.17) is 4.98 Å². The van der Waals surface area contributed by atoms with E-state index in [2.05, 4.69) is 60.2 Å². The second-order valence-corrected chi connectivity index (χ2v) is 6.24. The van der Waals surface area contributed by atoms with Crippen molar-refractivity contribution in [3.8, 4) is 0 Å². The van der Waals surface area contributed by atoms with Crippen molar-refractivity contribution in [1.82, 2.24) is 14.8 Å². The van der Waals surface area contributed by atoms with Gasteiger partial charge in [-0.15, -0.1) is 0 Å². The van der Waals surface area contributed by atoms with Crippen LogP contribution in [0.2, 0.25) is 0 Å². The van der Waals surface area contributed by atoms with E-state index >= 15 is 0 Å². The quantitative estimate of drug-likeness (QED) is 0.841. The lowest BCUT2D eigenvalue weighted by atomic mass is 10.1. The molecule has 0 aliphatic carbocycles. The van der Waals surface area contributed by atoms with E-state index in [0.29, 0.717) is 0 Å². The van der Waals surface area contributed by atoms with Gasteiger partial charge in [-0.1, -0.05) is 31.2 Å². The van der Waals surface area contributed by atoms with Gasteiger partial charge in [-0.25, -0.2) is 0 Å². The van der Waals surface area contributed by atoms with Gasteiger partial charge in [-0.05, 0) is 44.6 Å². The molecule has 0 bridgehead atoms. The third kappa shape index (κ3) is 3.60. The van der Waals surface area contributed by atoms with Gasteiger partial charge in [0.05, 0.1) is 11.2 Å². The molecule has 1 aliphatic rings. The molecule has 2 aromatic rings. The van der Waals surface area contributed by atoms with Gasteiger partial charge >= 0.3 is 0 Å². The van der Waals surface area contributed by atoms with Crippen LogP contribution in [0.15, 0.2) is 36.4 Å². The Morgan fingerprint density at radius 2 is 2.10 bits per heavy atom. The second-order valence-electron chi connectivity index (χ2n) is 6.24. The van der Waals surface area contributed by atoms with Gasteiger partial charge in [0.2, 0.25) is 0 Å². The maximum atomic E-state index is 4.80. The Labute approximate surface area is 127 Å². The Kier molecular flexibility index (Phi) is 4.51. The first-order chi connectivity index (χ1) is 10.2. The van der Waals surface area contributed by atoms with Gasteiger partial charge < -0.3 is 4.90 Å². The molecule has 1 atom stereocenters. The topological polar surface area (TPSA) is 19.4 Å². The Morgan fingerprint density at radius 3 is 2.86 bits per heavy atom. The van der Waals surface area contributed by atoms with Gasteiger partial charge in [0.15, 0.2) is 0 Å². The van der Waals surface area contributed by atoms with Crippen LogP contribution in [0.5, 0.6) is 0 Å². The predicted octanol–water partition coefficient (Wildman–Crippen LogP) is 3.01. The molecule has 0 saturated carbocycles. The zero-order valence-electron chi connectivity index (χ0n) is 13.1. The number of benzene rings is 1. The number of pyridine rings is 1. The molecule has 3 nitrogen and oxygen atoms in total. The summed E-state index contributed by atoms with van der Waals surface area (Å²) in [6.45, 7) is 7.98. The van der Waals surface area contributed by atoms with E-state index < -0.39 is 0 Å². The Morgan fingerprint density at radius 1 is 1.24 bits per heavy atom. The highest BCUT2D eigenvalue weighted by Gasteiger charge is 2.21. The van der Waals surface area contributed by atoms with Crippen molar-refractivity contribution >= 4 is 10.9 Å². The lowest BCUT2D eigenvalue weighted by molar-refractivity contribution is 0.231. The van der Waals surface area contributed by atoms with Crippen LogP contribution in [-0.4, -0.2) is 48.0 Å². The minimum absolute atomic E-state index is 0.815. The molecule has 0 radical (unpaired) electrons. The second kappa shape index (κ2) is 6.54. The Balaban J connectivity index is 1.67. The summed E-state index contributed by atoms with van der Waals surface area (Å²) in [6, 6.07) is 12.7. The predicted molar refractivity (Wildman–Crippen MR) is 88.3 cm³/mol. The molecule has 1 fully saturated rings. The summed E-state index contributed by atoms with van der Waals surface area (Å²) in [5.41, 5.74) is 2.29. The molecule has 0 spiro atoms. The van der Waals surface area contributed by atoms with Crippen molar-refractivity contribution in [3.63, 3.8) is 0 Å². The molecule has 1 aromatic heterocycles. The van der Waals surface area contributed by atoms with Crippen molar-refractivity contribution in [2.24, 2.45) is 5.92 Å². The first-order valence-corrected chi connectivity index (χ1v) is 8.00. The third-order valence-electron chi connectivity index (χ3n) is 4.49. The summed E-state index contributed by atoms with van der Waals surface area (Å²) in [4.78, 5) is 9.77. The number of hydrogen-bond donors (Lipinski definition) is 0. The number of hydrogen-bond acceptors (Lipinski definition) is 3. The van der Waals surface area contributed by atoms with Crippen LogP contribution < -0.4 is 0 Å². The largest absolute Gasteiger partial charge is 0.306 e. The summed E-state index contributed by atoms with van der Waals surface area (Å²) < 4.78 is 0. The van der Waals surface area contributed by atoms with E-state index in [9.17, 15) is 0 Å². The number of rotatable bonds is 5. The number of likely N-dealkylation sites (tertiary alicyclic amines) is 1. The highest BCUT2D eigenvalue weighted by molar-refractivity contribution is 5.78. The first kappa shape index (κ1) is 14.5. The van der Waals surface area contributed by atoms with Crippen molar-refractivity contribution in [2.75, 3.05) is 33.2 Å². The summed E-state index contributed by atoms with van der Waals surface area (Å²) in [5.74, 6) is 0.815. The van der Waals surface area contributed by atoms with Crippen molar-refractivity contribution in [3.05, 3.63) is 42.1 Å². The SMILES string of the molecule is CCN(Cc1ccc2ccccc2n1)C[C@@H]1CCN(C)C1. The lowest BCUT2D eigenvalue weighted by Gasteiger charge is -2.23. The van der Waals surface area contributed by atoms with Crippen LogP contribution in [0.25, 0.3) is 10.9 Å². The minimum atomic E-state index is 0.815. The fourth-order valence-corrected chi connectivity index (χ4v) is 3.27. The van der Waals surface area contributed by atoms with Gasteiger partial charge in [0, 0.05) is 25.0 Å². The first-order valence-electron chi connectivity index (χ1n) is 8.00. The standard InChI is InChI=1S/C18H25N3/c1-3-21(13-15-10-11-20(2)12-15)14-17-9-8-16-6-4-5-7-18(16)19-17/h4-9,15H,3,10-14H2,1-2H3/t15-/m1/s1. The maximum absolute atomic E-state index is 4.80. The molecular formula is C18H25N3. The zero-order valence-corrected chi connectivity index (χ0v) is 13.1.